The molecule has 3 heterocycles. The minimum Gasteiger partial charge on any atom is -0.494 e. The standard InChI is InChI=1S/C25H35N3O3S/c1-5-6-7-13-30-20-10-8-18(9-11-20)23-22-17(2)27-28(24(22)26-21(29)16-32-23)19-12-14-31-25(3,4)15-19/h8-11,19,23H,5-7,12-16H2,1-4H3,(H,26,29)/t19-,23-/m0/s1. The average molecular weight is 458 g/mol. The lowest BCUT2D eigenvalue weighted by Crippen LogP contribution is -2.36. The Morgan fingerprint density at radius 1 is 1.28 bits per heavy atom. The molecule has 2 aliphatic rings. The van der Waals surface area contributed by atoms with Crippen LogP contribution in [0.4, 0.5) is 5.82 Å². The first kappa shape index (κ1) is 23.2. The van der Waals surface area contributed by atoms with Crippen molar-refractivity contribution in [1.82, 2.24) is 9.78 Å². The number of anilines is 1. The second-order valence-corrected chi connectivity index (χ2v) is 10.5. The first-order chi connectivity index (χ1) is 15.4. The van der Waals surface area contributed by atoms with Gasteiger partial charge in [0.25, 0.3) is 0 Å². The summed E-state index contributed by atoms with van der Waals surface area (Å²) in [7, 11) is 0. The quantitative estimate of drug-likeness (QED) is 0.543. The lowest BCUT2D eigenvalue weighted by Gasteiger charge is -2.36. The van der Waals surface area contributed by atoms with E-state index in [9.17, 15) is 4.79 Å². The summed E-state index contributed by atoms with van der Waals surface area (Å²) in [5.41, 5.74) is 3.07. The molecule has 2 aromatic rings. The molecule has 7 heteroatoms. The fraction of sp³-hybridized carbons (Fsp3) is 0.600. The first-order valence-electron chi connectivity index (χ1n) is 11.7. The van der Waals surface area contributed by atoms with Crippen LogP contribution in [0.25, 0.3) is 0 Å². The van der Waals surface area contributed by atoms with Crippen LogP contribution in [0.15, 0.2) is 24.3 Å². The number of carbonyl (C=O) groups excluding carboxylic acids is 1. The highest BCUT2D eigenvalue weighted by molar-refractivity contribution is 8.00. The van der Waals surface area contributed by atoms with Gasteiger partial charge in [-0.05, 0) is 57.7 Å². The number of aryl methyl sites for hydroxylation is 1. The van der Waals surface area contributed by atoms with Crippen LogP contribution in [-0.4, -0.2) is 40.3 Å². The molecule has 1 N–H and O–H groups in total. The van der Waals surface area contributed by atoms with E-state index in [1.807, 2.05) is 12.1 Å². The van der Waals surface area contributed by atoms with Crippen molar-refractivity contribution < 1.29 is 14.3 Å². The van der Waals surface area contributed by atoms with E-state index in [0.29, 0.717) is 12.4 Å². The molecule has 1 aromatic carbocycles. The molecule has 0 spiro atoms. The minimum atomic E-state index is -0.189. The monoisotopic (exact) mass is 457 g/mol. The van der Waals surface area contributed by atoms with Gasteiger partial charge in [-0.3, -0.25) is 4.79 Å². The van der Waals surface area contributed by atoms with Crippen LogP contribution >= 0.6 is 11.8 Å². The van der Waals surface area contributed by atoms with Crippen molar-refractivity contribution in [3.63, 3.8) is 0 Å². The predicted octanol–water partition coefficient (Wildman–Crippen LogP) is 5.67. The lowest BCUT2D eigenvalue weighted by atomic mass is 9.94. The van der Waals surface area contributed by atoms with Crippen molar-refractivity contribution in [3.8, 4) is 5.75 Å². The van der Waals surface area contributed by atoms with Gasteiger partial charge < -0.3 is 14.8 Å². The summed E-state index contributed by atoms with van der Waals surface area (Å²) in [6.07, 6.45) is 5.23. The second kappa shape index (κ2) is 9.87. The summed E-state index contributed by atoms with van der Waals surface area (Å²) in [4.78, 5) is 12.6. The van der Waals surface area contributed by atoms with Gasteiger partial charge in [0, 0.05) is 12.2 Å². The number of unbranched alkanes of at least 4 members (excludes halogenated alkanes) is 2. The molecule has 4 rings (SSSR count). The third kappa shape index (κ3) is 5.15. The van der Waals surface area contributed by atoms with E-state index in [0.717, 1.165) is 48.7 Å². The molecule has 1 fully saturated rings. The summed E-state index contributed by atoms with van der Waals surface area (Å²) in [5, 5.41) is 8.14. The van der Waals surface area contributed by atoms with E-state index >= 15 is 0 Å². The van der Waals surface area contributed by atoms with Gasteiger partial charge in [-0.1, -0.05) is 31.9 Å². The van der Waals surface area contributed by atoms with Crippen LogP contribution < -0.4 is 10.1 Å². The van der Waals surface area contributed by atoms with Crippen LogP contribution in [0.3, 0.4) is 0 Å². The smallest absolute Gasteiger partial charge is 0.235 e. The first-order valence-corrected chi connectivity index (χ1v) is 12.8. The van der Waals surface area contributed by atoms with Gasteiger partial charge in [0.1, 0.15) is 11.6 Å². The average Bonchev–Trinajstić information content (AvgIpc) is 2.96. The third-order valence-corrected chi connectivity index (χ3v) is 7.52. The zero-order valence-electron chi connectivity index (χ0n) is 19.6. The molecule has 1 amide bonds. The van der Waals surface area contributed by atoms with Crippen molar-refractivity contribution in [2.24, 2.45) is 0 Å². The Balaban J connectivity index is 1.61. The topological polar surface area (TPSA) is 65.4 Å². The van der Waals surface area contributed by atoms with Crippen LogP contribution in [0.2, 0.25) is 0 Å². The third-order valence-electron chi connectivity index (χ3n) is 6.25. The van der Waals surface area contributed by atoms with Crippen LogP contribution in [0, 0.1) is 6.92 Å². The van der Waals surface area contributed by atoms with E-state index < -0.39 is 0 Å². The number of nitrogens with zero attached hydrogens (tertiary/aromatic N) is 2. The van der Waals surface area contributed by atoms with Gasteiger partial charge in [0.2, 0.25) is 5.91 Å². The van der Waals surface area contributed by atoms with E-state index in [1.54, 1.807) is 11.8 Å². The normalized spacial score (nSPS) is 22.7. The highest BCUT2D eigenvalue weighted by atomic mass is 32.2. The largest absolute Gasteiger partial charge is 0.494 e. The minimum absolute atomic E-state index is 0.0297. The summed E-state index contributed by atoms with van der Waals surface area (Å²) >= 11 is 1.66. The molecule has 32 heavy (non-hydrogen) atoms. The Hall–Kier alpha value is -1.99. The van der Waals surface area contributed by atoms with Crippen LogP contribution in [0.1, 0.15) is 81.0 Å². The van der Waals surface area contributed by atoms with E-state index in [2.05, 4.69) is 49.8 Å². The maximum Gasteiger partial charge on any atom is 0.235 e. The molecule has 0 unspecified atom stereocenters. The highest BCUT2D eigenvalue weighted by Crippen LogP contribution is 2.45. The molecule has 0 radical (unpaired) electrons. The maximum absolute atomic E-state index is 12.6. The van der Waals surface area contributed by atoms with Crippen LogP contribution in [0.5, 0.6) is 5.75 Å². The van der Waals surface area contributed by atoms with Gasteiger partial charge in [-0.15, -0.1) is 11.8 Å². The molecule has 1 aromatic heterocycles. The molecule has 6 nitrogen and oxygen atoms in total. The molecular weight excluding hydrogens is 422 g/mol. The second-order valence-electron chi connectivity index (χ2n) is 9.41. The zero-order valence-corrected chi connectivity index (χ0v) is 20.5. The Labute approximate surface area is 195 Å². The Kier molecular flexibility index (Phi) is 7.15. The van der Waals surface area contributed by atoms with Crippen molar-refractivity contribution in [3.05, 3.63) is 41.1 Å². The summed E-state index contributed by atoms with van der Waals surface area (Å²) in [6, 6.07) is 8.55. The predicted molar refractivity (Wildman–Crippen MR) is 130 cm³/mol. The van der Waals surface area contributed by atoms with Gasteiger partial charge >= 0.3 is 0 Å². The number of benzene rings is 1. The number of carbonyl (C=O) groups is 1. The SMILES string of the molecule is CCCCCOc1ccc([C@@H]2SCC(=O)Nc3c2c(C)nn3[C@H]2CCOC(C)(C)C2)cc1. The van der Waals surface area contributed by atoms with Crippen molar-refractivity contribution >= 4 is 23.5 Å². The summed E-state index contributed by atoms with van der Waals surface area (Å²) in [5.74, 6) is 2.20. The molecule has 1 saturated heterocycles. The van der Waals surface area contributed by atoms with E-state index in [4.69, 9.17) is 14.6 Å². The number of fused-ring (bicyclic) bond motifs is 1. The Morgan fingerprint density at radius 3 is 2.78 bits per heavy atom. The highest BCUT2D eigenvalue weighted by Gasteiger charge is 2.36. The van der Waals surface area contributed by atoms with Gasteiger partial charge in [0.05, 0.1) is 34.9 Å². The number of ether oxygens (including phenoxy) is 2. The number of thioether (sulfide) groups is 1. The zero-order chi connectivity index (χ0) is 22.7. The van der Waals surface area contributed by atoms with Crippen molar-refractivity contribution in [2.45, 2.75) is 76.7 Å². The number of rotatable bonds is 7. The molecule has 174 valence electrons. The van der Waals surface area contributed by atoms with Crippen molar-refractivity contribution in [2.75, 3.05) is 24.3 Å². The summed E-state index contributed by atoms with van der Waals surface area (Å²) < 4.78 is 13.9. The number of aromatic nitrogens is 2. The fourth-order valence-electron chi connectivity index (χ4n) is 4.63. The molecular formula is C25H35N3O3S. The molecule has 0 aliphatic carbocycles. The number of nitrogens with one attached hydrogen (secondary N) is 1. The Morgan fingerprint density at radius 2 is 2.06 bits per heavy atom. The van der Waals surface area contributed by atoms with Gasteiger partial charge in [-0.25, -0.2) is 4.68 Å². The maximum atomic E-state index is 12.6. The molecule has 2 aliphatic heterocycles. The molecule has 2 atom stereocenters. The Bertz CT molecular complexity index is 939. The van der Waals surface area contributed by atoms with Crippen molar-refractivity contribution in [1.29, 1.82) is 0 Å². The number of hydrogen-bond donors (Lipinski definition) is 1. The van der Waals surface area contributed by atoms with Crippen LogP contribution in [-0.2, 0) is 9.53 Å². The van der Waals surface area contributed by atoms with Gasteiger partial charge in [0.15, 0.2) is 0 Å². The lowest BCUT2D eigenvalue weighted by molar-refractivity contribution is -0.113. The molecule has 0 bridgehead atoms. The molecule has 0 saturated carbocycles. The summed E-state index contributed by atoms with van der Waals surface area (Å²) in [6.45, 7) is 9.95. The fourth-order valence-corrected chi connectivity index (χ4v) is 5.81. The van der Waals surface area contributed by atoms with Gasteiger partial charge in [-0.2, -0.15) is 5.10 Å². The number of hydrogen-bond acceptors (Lipinski definition) is 5. The number of amides is 1. The van der Waals surface area contributed by atoms with E-state index in [-0.39, 0.29) is 22.8 Å². The van der Waals surface area contributed by atoms with E-state index in [1.165, 1.54) is 18.4 Å².